The lowest BCUT2D eigenvalue weighted by molar-refractivity contribution is 0.455. The number of benzene rings is 1. The third kappa shape index (κ3) is 3.25. The summed E-state index contributed by atoms with van der Waals surface area (Å²) in [4.78, 5) is 11.4. The third-order valence-corrected chi connectivity index (χ3v) is 5.26. The minimum atomic E-state index is 0.523. The van der Waals surface area contributed by atoms with Crippen molar-refractivity contribution in [2.24, 2.45) is 10.7 Å². The largest absolute Gasteiger partial charge is 0.370 e. The molecule has 0 saturated carbocycles. The van der Waals surface area contributed by atoms with Crippen LogP contribution in [0, 0.1) is 0 Å². The van der Waals surface area contributed by atoms with Crippen LogP contribution >= 0.6 is 27.7 Å². The molecule has 1 aliphatic rings. The number of aromatic nitrogens is 2. The van der Waals surface area contributed by atoms with E-state index in [1.54, 1.807) is 0 Å². The maximum absolute atomic E-state index is 6.13. The highest BCUT2D eigenvalue weighted by Crippen LogP contribution is 2.21. The lowest BCUT2D eigenvalue weighted by Crippen LogP contribution is -2.42. The molecule has 1 aliphatic heterocycles. The molecule has 3 rings (SSSR count). The summed E-state index contributed by atoms with van der Waals surface area (Å²) in [5.41, 5.74) is 8.27. The van der Waals surface area contributed by atoms with E-state index in [9.17, 15) is 0 Å². The molecular weight excluding hydrogens is 362 g/mol. The zero-order valence-corrected chi connectivity index (χ0v) is 15.0. The summed E-state index contributed by atoms with van der Waals surface area (Å²) in [7, 11) is 0. The van der Waals surface area contributed by atoms with Gasteiger partial charge in [-0.05, 0) is 25.1 Å². The van der Waals surface area contributed by atoms with Crippen molar-refractivity contribution in [2.45, 2.75) is 20.0 Å². The number of hydrogen-bond acceptors (Lipinski definition) is 3. The highest BCUT2D eigenvalue weighted by Gasteiger charge is 2.13. The molecule has 1 saturated heterocycles. The van der Waals surface area contributed by atoms with E-state index in [0.29, 0.717) is 12.5 Å². The van der Waals surface area contributed by atoms with Crippen molar-refractivity contribution in [1.29, 1.82) is 0 Å². The summed E-state index contributed by atoms with van der Waals surface area (Å²) in [5.74, 6) is 3.84. The average molecular weight is 382 g/mol. The van der Waals surface area contributed by atoms with Gasteiger partial charge in [-0.25, -0.2) is 9.98 Å². The Labute approximate surface area is 143 Å². The number of hydrogen-bond donors (Lipinski definition) is 1. The molecule has 0 atom stereocenters. The quantitative estimate of drug-likeness (QED) is 0.655. The minimum Gasteiger partial charge on any atom is -0.370 e. The van der Waals surface area contributed by atoms with Gasteiger partial charge in [-0.2, -0.15) is 11.8 Å². The fourth-order valence-electron chi connectivity index (χ4n) is 2.67. The van der Waals surface area contributed by atoms with E-state index in [0.717, 1.165) is 52.5 Å². The molecule has 118 valence electrons. The van der Waals surface area contributed by atoms with Crippen LogP contribution in [0.4, 0.5) is 0 Å². The number of thioether (sulfide) groups is 1. The van der Waals surface area contributed by atoms with Crippen molar-refractivity contribution in [2.75, 3.05) is 24.6 Å². The van der Waals surface area contributed by atoms with Crippen molar-refractivity contribution < 1.29 is 0 Å². The van der Waals surface area contributed by atoms with Gasteiger partial charge in [0.25, 0.3) is 0 Å². The molecular formula is C15H20BrN5S. The number of aliphatic imine (C=N–C) groups is 1. The Hall–Kier alpha value is -1.21. The smallest absolute Gasteiger partial charge is 0.191 e. The lowest BCUT2D eigenvalue weighted by Gasteiger charge is -2.27. The number of fused-ring (bicyclic) bond motifs is 1. The van der Waals surface area contributed by atoms with E-state index in [4.69, 9.17) is 10.7 Å². The third-order valence-electron chi connectivity index (χ3n) is 3.82. The normalized spacial score (nSPS) is 16.5. The van der Waals surface area contributed by atoms with E-state index >= 15 is 0 Å². The van der Waals surface area contributed by atoms with Crippen LogP contribution in [-0.4, -0.2) is 45.0 Å². The second-order valence-electron chi connectivity index (χ2n) is 5.18. The standard InChI is InChI=1S/C15H20BrN5S/c1-2-21-13-4-3-11(16)9-12(13)19-14(21)10-18-15(17)20-5-7-22-8-6-20/h3-4,9H,2,5-8,10H2,1H3,(H2,17,18). The summed E-state index contributed by atoms with van der Waals surface area (Å²) >= 11 is 5.46. The fourth-order valence-corrected chi connectivity index (χ4v) is 3.92. The molecule has 7 heteroatoms. The van der Waals surface area contributed by atoms with Gasteiger partial charge in [0.2, 0.25) is 0 Å². The molecule has 0 unspecified atom stereocenters. The number of halogens is 1. The van der Waals surface area contributed by atoms with Gasteiger partial charge < -0.3 is 15.2 Å². The second-order valence-corrected chi connectivity index (χ2v) is 7.32. The first kappa shape index (κ1) is 15.7. The first-order valence-corrected chi connectivity index (χ1v) is 9.41. The molecule has 0 aliphatic carbocycles. The van der Waals surface area contributed by atoms with E-state index in [-0.39, 0.29) is 0 Å². The van der Waals surface area contributed by atoms with Crippen LogP contribution in [0.25, 0.3) is 11.0 Å². The monoisotopic (exact) mass is 381 g/mol. The van der Waals surface area contributed by atoms with Crippen LogP contribution in [0.15, 0.2) is 27.7 Å². The molecule has 1 aromatic heterocycles. The summed E-state index contributed by atoms with van der Waals surface area (Å²) in [6.45, 7) is 5.49. The highest BCUT2D eigenvalue weighted by atomic mass is 79.9. The molecule has 1 aromatic carbocycles. The molecule has 0 bridgehead atoms. The number of nitrogens with zero attached hydrogens (tertiary/aromatic N) is 4. The van der Waals surface area contributed by atoms with Gasteiger partial charge in [-0.3, -0.25) is 0 Å². The highest BCUT2D eigenvalue weighted by molar-refractivity contribution is 9.10. The summed E-state index contributed by atoms with van der Waals surface area (Å²) in [5, 5.41) is 0. The van der Waals surface area contributed by atoms with Crippen molar-refractivity contribution in [3.05, 3.63) is 28.5 Å². The summed E-state index contributed by atoms with van der Waals surface area (Å²) in [6, 6.07) is 6.18. The van der Waals surface area contributed by atoms with Crippen LogP contribution in [0.3, 0.4) is 0 Å². The number of imidazole rings is 1. The van der Waals surface area contributed by atoms with Gasteiger partial charge in [0.05, 0.1) is 11.0 Å². The van der Waals surface area contributed by atoms with E-state index in [1.807, 2.05) is 23.9 Å². The average Bonchev–Trinajstić information content (AvgIpc) is 2.89. The molecule has 2 N–H and O–H groups in total. The van der Waals surface area contributed by atoms with Crippen molar-refractivity contribution in [1.82, 2.24) is 14.5 Å². The van der Waals surface area contributed by atoms with Crippen LogP contribution in [0.5, 0.6) is 0 Å². The maximum Gasteiger partial charge on any atom is 0.191 e. The Balaban J connectivity index is 1.83. The predicted octanol–water partition coefficient (Wildman–Crippen LogP) is 2.68. The van der Waals surface area contributed by atoms with E-state index < -0.39 is 0 Å². The summed E-state index contributed by atoms with van der Waals surface area (Å²) < 4.78 is 3.24. The second kappa shape index (κ2) is 6.91. The zero-order valence-electron chi connectivity index (χ0n) is 12.6. The first-order chi connectivity index (χ1) is 10.7. The molecule has 0 spiro atoms. The van der Waals surface area contributed by atoms with Gasteiger partial charge in [-0.15, -0.1) is 0 Å². The number of nitrogens with two attached hydrogens (primary N) is 1. The van der Waals surface area contributed by atoms with Crippen molar-refractivity contribution in [3.63, 3.8) is 0 Å². The van der Waals surface area contributed by atoms with E-state index in [2.05, 4.69) is 43.4 Å². The predicted molar refractivity (Wildman–Crippen MR) is 97.3 cm³/mol. The maximum atomic E-state index is 6.13. The van der Waals surface area contributed by atoms with Gasteiger partial charge in [-0.1, -0.05) is 15.9 Å². The molecule has 2 aromatic rings. The van der Waals surface area contributed by atoms with Gasteiger partial charge in [0, 0.05) is 35.6 Å². The van der Waals surface area contributed by atoms with E-state index in [1.165, 1.54) is 0 Å². The first-order valence-electron chi connectivity index (χ1n) is 7.46. The topological polar surface area (TPSA) is 59.4 Å². The Bertz CT molecular complexity index is 691. The van der Waals surface area contributed by atoms with Crippen LogP contribution in [0.2, 0.25) is 0 Å². The van der Waals surface area contributed by atoms with Gasteiger partial charge in [0.15, 0.2) is 5.96 Å². The molecule has 2 heterocycles. The summed E-state index contributed by atoms with van der Waals surface area (Å²) in [6.07, 6.45) is 0. The Morgan fingerprint density at radius 2 is 2.18 bits per heavy atom. The SMILES string of the molecule is CCn1c(CN=C(N)N2CCSCC2)nc2cc(Br)ccc21. The molecule has 1 fully saturated rings. The van der Waals surface area contributed by atoms with Crippen molar-refractivity contribution in [3.8, 4) is 0 Å². The molecule has 0 amide bonds. The molecule has 0 radical (unpaired) electrons. The Kier molecular flexibility index (Phi) is 4.93. The Morgan fingerprint density at radius 3 is 2.91 bits per heavy atom. The minimum absolute atomic E-state index is 0.523. The molecule has 22 heavy (non-hydrogen) atoms. The fraction of sp³-hybridized carbons (Fsp3) is 0.467. The van der Waals surface area contributed by atoms with Crippen molar-refractivity contribution >= 4 is 44.7 Å². The number of aryl methyl sites for hydroxylation is 1. The zero-order chi connectivity index (χ0) is 15.5. The van der Waals surface area contributed by atoms with Crippen LogP contribution < -0.4 is 5.73 Å². The number of rotatable bonds is 3. The van der Waals surface area contributed by atoms with Crippen LogP contribution in [0.1, 0.15) is 12.7 Å². The number of guanidine groups is 1. The Morgan fingerprint density at radius 1 is 1.41 bits per heavy atom. The lowest BCUT2D eigenvalue weighted by atomic mass is 10.3. The van der Waals surface area contributed by atoms with Crippen LogP contribution in [-0.2, 0) is 13.1 Å². The van der Waals surface area contributed by atoms with Gasteiger partial charge in [0.1, 0.15) is 12.4 Å². The van der Waals surface area contributed by atoms with Gasteiger partial charge >= 0.3 is 0 Å². The molecule has 5 nitrogen and oxygen atoms in total.